The van der Waals surface area contributed by atoms with Crippen molar-refractivity contribution in [1.29, 1.82) is 0 Å². The maximum absolute atomic E-state index is 4.97. The van der Waals surface area contributed by atoms with Crippen LogP contribution < -0.4 is 0 Å². The third-order valence-electron chi connectivity index (χ3n) is 6.69. The van der Waals surface area contributed by atoms with Crippen LogP contribution in [0.1, 0.15) is 63.2 Å². The van der Waals surface area contributed by atoms with Crippen molar-refractivity contribution in [3.8, 4) is 22.5 Å². The fourth-order valence-corrected chi connectivity index (χ4v) is 4.97. The monoisotopic (exact) mass is 455 g/mol. The van der Waals surface area contributed by atoms with Gasteiger partial charge in [0.2, 0.25) is 5.82 Å². The molecule has 176 valence electrons. The van der Waals surface area contributed by atoms with Crippen molar-refractivity contribution in [2.24, 2.45) is 11.8 Å². The molecular formula is C27H33N7. The Kier molecular flexibility index (Phi) is 6.79. The maximum Gasteiger partial charge on any atom is 0.205 e. The SMILES string of the molecule is CC(C)Cc1nc(CC2CCCCC2)nn1Cc1ccc(-c2ccccc2-c2nn[nH]n2)cc1. The normalized spacial score (nSPS) is 14.7. The van der Waals surface area contributed by atoms with Crippen LogP contribution in [0, 0.1) is 11.8 Å². The summed E-state index contributed by atoms with van der Waals surface area (Å²) in [6.45, 7) is 5.23. The zero-order valence-electron chi connectivity index (χ0n) is 20.1. The molecule has 0 radical (unpaired) electrons. The van der Waals surface area contributed by atoms with Crippen LogP contribution in [-0.2, 0) is 19.4 Å². The molecule has 4 aromatic rings. The third kappa shape index (κ3) is 5.24. The van der Waals surface area contributed by atoms with E-state index in [1.54, 1.807) is 0 Å². The van der Waals surface area contributed by atoms with Gasteiger partial charge in [0.15, 0.2) is 5.82 Å². The molecule has 0 saturated heterocycles. The molecular weight excluding hydrogens is 422 g/mol. The van der Waals surface area contributed by atoms with Crippen molar-refractivity contribution in [3.05, 3.63) is 65.7 Å². The van der Waals surface area contributed by atoms with Crippen molar-refractivity contribution < 1.29 is 0 Å². The number of aromatic amines is 1. The molecule has 7 heteroatoms. The van der Waals surface area contributed by atoms with E-state index in [9.17, 15) is 0 Å². The summed E-state index contributed by atoms with van der Waals surface area (Å²) < 4.78 is 2.13. The number of hydrogen-bond donors (Lipinski definition) is 1. The molecule has 0 amide bonds. The Morgan fingerprint density at radius 2 is 1.74 bits per heavy atom. The number of H-pyrrole nitrogens is 1. The molecule has 0 atom stereocenters. The van der Waals surface area contributed by atoms with Gasteiger partial charge in [-0.3, -0.25) is 0 Å². The van der Waals surface area contributed by atoms with Gasteiger partial charge in [0.05, 0.1) is 6.54 Å². The first kappa shape index (κ1) is 22.4. The number of nitrogens with one attached hydrogen (secondary N) is 1. The lowest BCUT2D eigenvalue weighted by Gasteiger charge is -2.19. The van der Waals surface area contributed by atoms with Gasteiger partial charge in [-0.05, 0) is 33.7 Å². The van der Waals surface area contributed by atoms with Gasteiger partial charge in [-0.15, -0.1) is 10.2 Å². The first-order valence-corrected chi connectivity index (χ1v) is 12.5. The molecule has 0 aliphatic heterocycles. The van der Waals surface area contributed by atoms with E-state index in [0.29, 0.717) is 11.7 Å². The molecule has 1 saturated carbocycles. The summed E-state index contributed by atoms with van der Waals surface area (Å²) in [6, 6.07) is 16.8. The standard InChI is InChI=1S/C27H33N7/c1-19(2)16-26-28-25(17-20-8-4-3-5-9-20)31-34(26)18-21-12-14-22(15-13-21)23-10-6-7-11-24(23)27-29-32-33-30-27/h6-7,10-15,19-20H,3-5,8-9,16-18H2,1-2H3,(H,29,30,32,33). The summed E-state index contributed by atoms with van der Waals surface area (Å²) in [5, 5.41) is 19.5. The summed E-state index contributed by atoms with van der Waals surface area (Å²) in [5.41, 5.74) is 4.40. The molecule has 7 nitrogen and oxygen atoms in total. The lowest BCUT2D eigenvalue weighted by atomic mass is 9.87. The van der Waals surface area contributed by atoms with Gasteiger partial charge in [-0.1, -0.05) is 94.5 Å². The quantitative estimate of drug-likeness (QED) is 0.379. The fraction of sp³-hybridized carbons (Fsp3) is 0.444. The predicted octanol–water partition coefficient (Wildman–Crippen LogP) is 5.49. The van der Waals surface area contributed by atoms with Crippen LogP contribution in [0.25, 0.3) is 22.5 Å². The Hall–Kier alpha value is -3.35. The summed E-state index contributed by atoms with van der Waals surface area (Å²) in [4.78, 5) is 4.97. The molecule has 34 heavy (non-hydrogen) atoms. The molecule has 2 aromatic heterocycles. The van der Waals surface area contributed by atoms with Gasteiger partial charge in [0, 0.05) is 18.4 Å². The maximum atomic E-state index is 4.97. The summed E-state index contributed by atoms with van der Waals surface area (Å²) in [7, 11) is 0. The van der Waals surface area contributed by atoms with E-state index in [-0.39, 0.29) is 0 Å². The van der Waals surface area contributed by atoms with Gasteiger partial charge >= 0.3 is 0 Å². The van der Waals surface area contributed by atoms with Crippen molar-refractivity contribution in [1.82, 2.24) is 35.4 Å². The third-order valence-corrected chi connectivity index (χ3v) is 6.69. The summed E-state index contributed by atoms with van der Waals surface area (Å²) in [5.74, 6) is 4.02. The van der Waals surface area contributed by atoms with Gasteiger partial charge in [-0.25, -0.2) is 9.67 Å². The Morgan fingerprint density at radius 3 is 2.44 bits per heavy atom. The van der Waals surface area contributed by atoms with E-state index in [2.05, 4.69) is 69.5 Å². The van der Waals surface area contributed by atoms with Gasteiger partial charge in [0.25, 0.3) is 0 Å². The second kappa shape index (κ2) is 10.3. The van der Waals surface area contributed by atoms with Crippen molar-refractivity contribution >= 4 is 0 Å². The van der Waals surface area contributed by atoms with Gasteiger partial charge < -0.3 is 0 Å². The lowest BCUT2D eigenvalue weighted by Crippen LogP contribution is -2.11. The highest BCUT2D eigenvalue weighted by molar-refractivity contribution is 5.80. The number of nitrogens with zero attached hydrogens (tertiary/aromatic N) is 6. The summed E-state index contributed by atoms with van der Waals surface area (Å²) >= 11 is 0. The van der Waals surface area contributed by atoms with Crippen LogP contribution in [0.5, 0.6) is 0 Å². The number of tetrazole rings is 1. The van der Waals surface area contributed by atoms with E-state index in [4.69, 9.17) is 10.1 Å². The molecule has 5 rings (SSSR count). The Labute approximate surface area is 201 Å². The molecule has 0 bridgehead atoms. The number of hydrogen-bond acceptors (Lipinski definition) is 5. The minimum absolute atomic E-state index is 0.550. The van der Waals surface area contributed by atoms with Gasteiger partial charge in [0.1, 0.15) is 5.82 Å². The Bertz CT molecular complexity index is 1190. The van der Waals surface area contributed by atoms with Crippen LogP contribution in [0.4, 0.5) is 0 Å². The molecule has 0 unspecified atom stereocenters. The minimum Gasteiger partial charge on any atom is -0.245 e. The zero-order valence-corrected chi connectivity index (χ0v) is 20.1. The largest absolute Gasteiger partial charge is 0.245 e. The second-order valence-corrected chi connectivity index (χ2v) is 9.89. The molecule has 1 aliphatic carbocycles. The molecule has 1 N–H and O–H groups in total. The average Bonchev–Trinajstić information content (AvgIpc) is 3.51. The molecule has 2 aromatic carbocycles. The topological polar surface area (TPSA) is 85.2 Å². The first-order valence-electron chi connectivity index (χ1n) is 12.5. The lowest BCUT2D eigenvalue weighted by molar-refractivity contribution is 0.351. The van der Waals surface area contributed by atoms with Crippen molar-refractivity contribution in [3.63, 3.8) is 0 Å². The van der Waals surface area contributed by atoms with Crippen molar-refractivity contribution in [2.75, 3.05) is 0 Å². The van der Waals surface area contributed by atoms with Crippen LogP contribution >= 0.6 is 0 Å². The molecule has 0 spiro atoms. The second-order valence-electron chi connectivity index (χ2n) is 9.89. The van der Waals surface area contributed by atoms with Crippen LogP contribution in [0.15, 0.2) is 48.5 Å². The first-order chi connectivity index (χ1) is 16.7. The highest BCUT2D eigenvalue weighted by Gasteiger charge is 2.19. The van der Waals surface area contributed by atoms with E-state index < -0.39 is 0 Å². The van der Waals surface area contributed by atoms with E-state index in [0.717, 1.165) is 53.6 Å². The number of rotatable bonds is 8. The highest BCUT2D eigenvalue weighted by Crippen LogP contribution is 2.30. The predicted molar refractivity (Wildman–Crippen MR) is 133 cm³/mol. The van der Waals surface area contributed by atoms with E-state index in [1.165, 1.54) is 37.7 Å². The van der Waals surface area contributed by atoms with Crippen LogP contribution in [-0.4, -0.2) is 35.4 Å². The van der Waals surface area contributed by atoms with Crippen molar-refractivity contribution in [2.45, 2.75) is 65.3 Å². The molecule has 1 fully saturated rings. The Balaban J connectivity index is 1.36. The van der Waals surface area contributed by atoms with E-state index in [1.807, 2.05) is 18.2 Å². The van der Waals surface area contributed by atoms with Crippen LogP contribution in [0.2, 0.25) is 0 Å². The summed E-state index contributed by atoms with van der Waals surface area (Å²) in [6.07, 6.45) is 8.70. The number of aromatic nitrogens is 7. The number of benzene rings is 2. The Morgan fingerprint density at radius 1 is 0.971 bits per heavy atom. The fourth-order valence-electron chi connectivity index (χ4n) is 4.97. The van der Waals surface area contributed by atoms with Gasteiger partial charge in [-0.2, -0.15) is 10.3 Å². The zero-order chi connectivity index (χ0) is 23.3. The van der Waals surface area contributed by atoms with E-state index >= 15 is 0 Å². The smallest absolute Gasteiger partial charge is 0.205 e. The minimum atomic E-state index is 0.550. The average molecular weight is 456 g/mol. The molecule has 2 heterocycles. The van der Waals surface area contributed by atoms with Crippen LogP contribution in [0.3, 0.4) is 0 Å². The molecule has 1 aliphatic rings. The highest BCUT2D eigenvalue weighted by atomic mass is 15.5.